The quantitative estimate of drug-likeness (QED) is 0.695. The first kappa shape index (κ1) is 19.4. The van der Waals surface area contributed by atoms with Crippen LogP contribution in [-0.4, -0.2) is 43.0 Å². The largest absolute Gasteiger partial charge is 0.378 e. The number of amides is 2. The second kappa shape index (κ2) is 9.03. The van der Waals surface area contributed by atoms with Gasteiger partial charge in [-0.3, -0.25) is 9.59 Å². The third-order valence-electron chi connectivity index (χ3n) is 4.85. The predicted molar refractivity (Wildman–Crippen MR) is 115 cm³/mol. The van der Waals surface area contributed by atoms with Gasteiger partial charge in [-0.05, 0) is 11.1 Å². The minimum Gasteiger partial charge on any atom is -0.378 e. The normalized spacial score (nSPS) is 13.9. The number of nitrogens with one attached hydrogen (secondary N) is 1. The minimum absolute atomic E-state index is 0.0663. The highest BCUT2D eigenvalue weighted by atomic mass is 32.1. The molecule has 1 aromatic heterocycles. The van der Waals surface area contributed by atoms with Crippen LogP contribution in [0, 0.1) is 0 Å². The van der Waals surface area contributed by atoms with Crippen LogP contribution in [0.15, 0.2) is 66.0 Å². The molecular weight excluding hydrogens is 384 g/mol. The van der Waals surface area contributed by atoms with Crippen molar-refractivity contribution in [3.8, 4) is 11.1 Å². The summed E-state index contributed by atoms with van der Waals surface area (Å²) in [5.74, 6) is -0.197. The van der Waals surface area contributed by atoms with Gasteiger partial charge in [0.2, 0.25) is 5.91 Å². The average molecular weight is 407 g/mol. The van der Waals surface area contributed by atoms with Crippen LogP contribution in [0.1, 0.15) is 15.9 Å². The van der Waals surface area contributed by atoms with Gasteiger partial charge in [0.05, 0.1) is 25.2 Å². The molecule has 3 aromatic rings. The standard InChI is InChI=1S/C23H22N2O3S/c26-20(15-17-7-3-1-4-8-17)24-22-21(23(27)25-11-13-28-14-12-25)19(16-29-22)18-9-5-2-6-10-18/h1-10,16H,11-15H2,(H,24,26). The Morgan fingerprint density at radius 2 is 1.62 bits per heavy atom. The Bertz CT molecular complexity index is 980. The minimum atomic E-state index is -0.131. The summed E-state index contributed by atoms with van der Waals surface area (Å²) in [6, 6.07) is 19.4. The predicted octanol–water partition coefficient (Wildman–Crippen LogP) is 4.07. The van der Waals surface area contributed by atoms with Crippen molar-refractivity contribution < 1.29 is 14.3 Å². The van der Waals surface area contributed by atoms with Crippen LogP contribution in [0.5, 0.6) is 0 Å². The van der Waals surface area contributed by atoms with E-state index in [0.29, 0.717) is 36.9 Å². The lowest BCUT2D eigenvalue weighted by atomic mass is 10.0. The summed E-state index contributed by atoms with van der Waals surface area (Å²) in [6.07, 6.45) is 0.268. The van der Waals surface area contributed by atoms with Gasteiger partial charge >= 0.3 is 0 Å². The molecule has 1 aliphatic rings. The van der Waals surface area contributed by atoms with Crippen molar-refractivity contribution in [3.05, 3.63) is 77.2 Å². The summed E-state index contributed by atoms with van der Waals surface area (Å²) in [5.41, 5.74) is 3.31. The zero-order chi connectivity index (χ0) is 20.1. The maximum Gasteiger partial charge on any atom is 0.257 e. The summed E-state index contributed by atoms with van der Waals surface area (Å²) in [7, 11) is 0. The van der Waals surface area contributed by atoms with Gasteiger partial charge in [0.1, 0.15) is 5.00 Å². The molecule has 0 saturated carbocycles. The van der Waals surface area contributed by atoms with Crippen LogP contribution in [0.4, 0.5) is 5.00 Å². The lowest BCUT2D eigenvalue weighted by Crippen LogP contribution is -2.41. The molecule has 1 N–H and O–H groups in total. The van der Waals surface area contributed by atoms with E-state index in [1.165, 1.54) is 11.3 Å². The van der Waals surface area contributed by atoms with E-state index in [0.717, 1.165) is 16.7 Å². The number of benzene rings is 2. The molecule has 5 nitrogen and oxygen atoms in total. The molecule has 148 valence electrons. The number of carbonyl (C=O) groups excluding carboxylic acids is 2. The third kappa shape index (κ3) is 4.55. The molecule has 0 spiro atoms. The Morgan fingerprint density at radius 1 is 0.966 bits per heavy atom. The lowest BCUT2D eigenvalue weighted by Gasteiger charge is -2.27. The van der Waals surface area contributed by atoms with Crippen molar-refractivity contribution in [2.45, 2.75) is 6.42 Å². The Labute approximate surface area is 173 Å². The van der Waals surface area contributed by atoms with Crippen LogP contribution in [0.3, 0.4) is 0 Å². The summed E-state index contributed by atoms with van der Waals surface area (Å²) in [4.78, 5) is 27.8. The van der Waals surface area contributed by atoms with Gasteiger partial charge in [-0.25, -0.2) is 0 Å². The molecule has 2 amide bonds. The lowest BCUT2D eigenvalue weighted by molar-refractivity contribution is -0.115. The van der Waals surface area contributed by atoms with Gasteiger partial charge in [-0.15, -0.1) is 11.3 Å². The fraction of sp³-hybridized carbons (Fsp3) is 0.217. The molecule has 0 unspecified atom stereocenters. The second-order valence-electron chi connectivity index (χ2n) is 6.83. The van der Waals surface area contributed by atoms with Gasteiger partial charge in [0, 0.05) is 24.0 Å². The van der Waals surface area contributed by atoms with Gasteiger partial charge < -0.3 is 15.0 Å². The number of ether oxygens (including phenoxy) is 1. The zero-order valence-corrected chi connectivity index (χ0v) is 16.8. The smallest absolute Gasteiger partial charge is 0.257 e. The summed E-state index contributed by atoms with van der Waals surface area (Å²) in [6.45, 7) is 2.18. The molecule has 2 aromatic carbocycles. The maximum absolute atomic E-state index is 13.3. The molecule has 1 saturated heterocycles. The van der Waals surface area contributed by atoms with E-state index in [1.54, 1.807) is 4.90 Å². The first-order chi connectivity index (χ1) is 14.2. The SMILES string of the molecule is O=C(Cc1ccccc1)Nc1scc(-c2ccccc2)c1C(=O)N1CCOCC1. The third-order valence-corrected chi connectivity index (χ3v) is 5.74. The summed E-state index contributed by atoms with van der Waals surface area (Å²) in [5, 5.41) is 5.51. The molecule has 0 bridgehead atoms. The van der Waals surface area contributed by atoms with Crippen molar-refractivity contribution in [1.82, 2.24) is 4.90 Å². The zero-order valence-electron chi connectivity index (χ0n) is 16.0. The Balaban J connectivity index is 1.63. The highest BCUT2D eigenvalue weighted by molar-refractivity contribution is 7.15. The number of hydrogen-bond acceptors (Lipinski definition) is 4. The van der Waals surface area contributed by atoms with Gasteiger partial charge in [-0.2, -0.15) is 0 Å². The second-order valence-corrected chi connectivity index (χ2v) is 7.71. The van der Waals surface area contributed by atoms with Crippen LogP contribution < -0.4 is 5.32 Å². The van der Waals surface area contributed by atoms with Crippen molar-refractivity contribution in [2.24, 2.45) is 0 Å². The van der Waals surface area contributed by atoms with E-state index in [-0.39, 0.29) is 18.2 Å². The van der Waals surface area contributed by atoms with Crippen molar-refractivity contribution in [3.63, 3.8) is 0 Å². The number of morpholine rings is 1. The van der Waals surface area contributed by atoms with Crippen LogP contribution >= 0.6 is 11.3 Å². The highest BCUT2D eigenvalue weighted by Crippen LogP contribution is 2.36. The molecule has 6 heteroatoms. The first-order valence-electron chi connectivity index (χ1n) is 9.60. The topological polar surface area (TPSA) is 58.6 Å². The van der Waals surface area contributed by atoms with Crippen LogP contribution in [0.25, 0.3) is 11.1 Å². The van der Waals surface area contributed by atoms with E-state index in [1.807, 2.05) is 66.0 Å². The molecular formula is C23H22N2O3S. The molecule has 2 heterocycles. The molecule has 4 rings (SSSR count). The molecule has 1 aliphatic heterocycles. The van der Waals surface area contributed by atoms with Crippen molar-refractivity contribution in [1.29, 1.82) is 0 Å². The van der Waals surface area contributed by atoms with E-state index in [9.17, 15) is 9.59 Å². The summed E-state index contributed by atoms with van der Waals surface area (Å²) < 4.78 is 5.38. The highest BCUT2D eigenvalue weighted by Gasteiger charge is 2.27. The van der Waals surface area contributed by atoms with Crippen molar-refractivity contribution >= 4 is 28.2 Å². The number of carbonyl (C=O) groups is 2. The van der Waals surface area contributed by atoms with Gasteiger partial charge in [0.15, 0.2) is 0 Å². The van der Waals surface area contributed by atoms with Gasteiger partial charge in [-0.1, -0.05) is 60.7 Å². The molecule has 0 radical (unpaired) electrons. The van der Waals surface area contributed by atoms with Crippen LogP contribution in [0.2, 0.25) is 0 Å². The fourth-order valence-electron chi connectivity index (χ4n) is 3.37. The molecule has 0 aliphatic carbocycles. The van der Waals surface area contributed by atoms with E-state index in [4.69, 9.17) is 4.74 Å². The van der Waals surface area contributed by atoms with Crippen molar-refractivity contribution in [2.75, 3.05) is 31.6 Å². The number of anilines is 1. The van der Waals surface area contributed by atoms with E-state index in [2.05, 4.69) is 5.32 Å². The van der Waals surface area contributed by atoms with E-state index >= 15 is 0 Å². The summed E-state index contributed by atoms with van der Waals surface area (Å²) >= 11 is 1.39. The first-order valence-corrected chi connectivity index (χ1v) is 10.5. The number of hydrogen-bond donors (Lipinski definition) is 1. The molecule has 1 fully saturated rings. The average Bonchev–Trinajstić information content (AvgIpc) is 3.18. The Hall–Kier alpha value is -2.96. The monoisotopic (exact) mass is 406 g/mol. The Morgan fingerprint density at radius 3 is 2.31 bits per heavy atom. The fourth-order valence-corrected chi connectivity index (χ4v) is 4.35. The number of nitrogens with zero attached hydrogens (tertiary/aromatic N) is 1. The molecule has 0 atom stereocenters. The van der Waals surface area contributed by atoms with Gasteiger partial charge in [0.25, 0.3) is 5.91 Å². The van der Waals surface area contributed by atoms with Crippen LogP contribution in [-0.2, 0) is 16.0 Å². The van der Waals surface area contributed by atoms with E-state index < -0.39 is 0 Å². The molecule has 29 heavy (non-hydrogen) atoms. The number of rotatable bonds is 5. The maximum atomic E-state index is 13.3. The number of thiophene rings is 1. The Kier molecular flexibility index (Phi) is 6.03.